The number of nitrogens with zero attached hydrogens (tertiary/aromatic N) is 2. The first-order valence-electron chi connectivity index (χ1n) is 8.79. The van der Waals surface area contributed by atoms with Crippen molar-refractivity contribution in [2.24, 2.45) is 5.10 Å². The first-order valence-corrected chi connectivity index (χ1v) is 8.79. The van der Waals surface area contributed by atoms with Gasteiger partial charge in [0, 0.05) is 17.7 Å². The van der Waals surface area contributed by atoms with Crippen LogP contribution in [0.4, 0.5) is 5.69 Å². The molecule has 1 heterocycles. The average Bonchev–Trinajstić information content (AvgIpc) is 3.16. The quantitative estimate of drug-likeness (QED) is 0.371. The molecule has 0 unspecified atom stereocenters. The van der Waals surface area contributed by atoms with Crippen molar-refractivity contribution in [2.75, 3.05) is 6.61 Å². The Morgan fingerprint density at radius 3 is 2.79 bits per heavy atom. The Kier molecular flexibility index (Phi) is 6.03. The molecule has 0 aliphatic heterocycles. The van der Waals surface area contributed by atoms with Gasteiger partial charge in [0.05, 0.1) is 11.1 Å². The summed E-state index contributed by atoms with van der Waals surface area (Å²) in [5.74, 6) is 1.08. The number of aryl methyl sites for hydroxylation is 2. The molecule has 0 radical (unpaired) electrons. The smallest absolute Gasteiger partial charge is 0.277 e. The summed E-state index contributed by atoms with van der Waals surface area (Å²) in [6.45, 7) is 3.73. The molecule has 0 aliphatic rings. The highest BCUT2D eigenvalue weighted by molar-refractivity contribution is 5.81. The monoisotopic (exact) mass is 393 g/mol. The molecule has 0 atom stereocenters. The van der Waals surface area contributed by atoms with Gasteiger partial charge in [0.2, 0.25) is 0 Å². The van der Waals surface area contributed by atoms with Crippen molar-refractivity contribution in [2.45, 2.75) is 13.8 Å². The molecule has 0 saturated carbocycles. The number of furan rings is 1. The zero-order valence-corrected chi connectivity index (χ0v) is 15.9. The number of hydrazone groups is 1. The molecule has 29 heavy (non-hydrogen) atoms. The molecule has 0 spiro atoms. The number of carbonyl (C=O) groups excluding carboxylic acids is 1. The maximum atomic E-state index is 11.9. The number of carbonyl (C=O) groups is 1. The molecular weight excluding hydrogens is 374 g/mol. The van der Waals surface area contributed by atoms with E-state index in [1.165, 1.54) is 18.3 Å². The van der Waals surface area contributed by atoms with Crippen LogP contribution in [0.2, 0.25) is 0 Å². The maximum absolute atomic E-state index is 11.9. The molecule has 0 saturated heterocycles. The van der Waals surface area contributed by atoms with Crippen LogP contribution in [-0.2, 0) is 4.79 Å². The van der Waals surface area contributed by atoms with Gasteiger partial charge in [-0.1, -0.05) is 29.8 Å². The van der Waals surface area contributed by atoms with Crippen LogP contribution in [0.25, 0.3) is 11.3 Å². The van der Waals surface area contributed by atoms with E-state index in [0.29, 0.717) is 22.8 Å². The second-order valence-corrected chi connectivity index (χ2v) is 6.36. The van der Waals surface area contributed by atoms with Crippen LogP contribution in [0.1, 0.15) is 16.9 Å². The van der Waals surface area contributed by atoms with E-state index in [0.717, 1.165) is 11.1 Å². The van der Waals surface area contributed by atoms with Gasteiger partial charge in [0.25, 0.3) is 11.6 Å². The van der Waals surface area contributed by atoms with Crippen molar-refractivity contribution in [3.63, 3.8) is 0 Å². The third kappa shape index (κ3) is 5.29. The zero-order valence-electron chi connectivity index (χ0n) is 15.9. The fraction of sp³-hybridized carbons (Fsp3) is 0.143. The number of nitrogens with one attached hydrogen (secondary N) is 1. The number of benzene rings is 2. The van der Waals surface area contributed by atoms with Gasteiger partial charge in [-0.25, -0.2) is 5.43 Å². The summed E-state index contributed by atoms with van der Waals surface area (Å²) in [7, 11) is 0. The SMILES string of the molecule is Cc1ccc(OCC(=O)NN=Cc2ccc(-c3cccc([N+](=O)[O-])c3)o2)c(C)c1. The Hall–Kier alpha value is -3.94. The van der Waals surface area contributed by atoms with Crippen LogP contribution in [-0.4, -0.2) is 23.7 Å². The van der Waals surface area contributed by atoms with Gasteiger partial charge < -0.3 is 9.15 Å². The van der Waals surface area contributed by atoms with E-state index < -0.39 is 10.8 Å². The second-order valence-electron chi connectivity index (χ2n) is 6.36. The van der Waals surface area contributed by atoms with Crippen molar-refractivity contribution < 1.29 is 18.9 Å². The number of non-ortho nitro benzene ring substituents is 1. The molecule has 1 aromatic heterocycles. The fourth-order valence-corrected chi connectivity index (χ4v) is 2.65. The lowest BCUT2D eigenvalue weighted by Gasteiger charge is -2.08. The Morgan fingerprint density at radius 2 is 2.03 bits per heavy atom. The van der Waals surface area contributed by atoms with Crippen LogP contribution in [0, 0.1) is 24.0 Å². The van der Waals surface area contributed by atoms with Crippen molar-refractivity contribution in [1.29, 1.82) is 0 Å². The standard InChI is InChI=1S/C21H19N3O5/c1-14-6-8-19(15(2)10-14)28-13-21(25)23-22-12-18-7-9-20(29-18)16-4-3-5-17(11-16)24(26)27/h3-12H,13H2,1-2H3,(H,23,25). The van der Waals surface area contributed by atoms with Crippen molar-refractivity contribution in [1.82, 2.24) is 5.43 Å². The van der Waals surface area contributed by atoms with Crippen LogP contribution in [0.5, 0.6) is 5.75 Å². The maximum Gasteiger partial charge on any atom is 0.277 e. The summed E-state index contributed by atoms with van der Waals surface area (Å²) in [6, 6.07) is 15.1. The molecular formula is C21H19N3O5. The van der Waals surface area contributed by atoms with E-state index in [1.807, 2.05) is 32.0 Å². The van der Waals surface area contributed by atoms with Gasteiger partial charge in [0.15, 0.2) is 6.61 Å². The predicted octanol–water partition coefficient (Wildman–Crippen LogP) is 4.00. The fourth-order valence-electron chi connectivity index (χ4n) is 2.65. The van der Waals surface area contributed by atoms with Crippen molar-refractivity contribution in [3.05, 3.63) is 81.6 Å². The molecule has 8 heteroatoms. The van der Waals surface area contributed by atoms with E-state index in [-0.39, 0.29) is 12.3 Å². The molecule has 0 aliphatic carbocycles. The molecule has 1 N–H and O–H groups in total. The van der Waals surface area contributed by atoms with Gasteiger partial charge in [-0.05, 0) is 37.6 Å². The largest absolute Gasteiger partial charge is 0.483 e. The molecule has 3 aromatic rings. The average molecular weight is 393 g/mol. The molecule has 1 amide bonds. The minimum atomic E-state index is -0.468. The summed E-state index contributed by atoms with van der Waals surface area (Å²) in [5, 5.41) is 14.7. The summed E-state index contributed by atoms with van der Waals surface area (Å²) < 4.78 is 11.1. The minimum absolute atomic E-state index is 0.0230. The van der Waals surface area contributed by atoms with Crippen molar-refractivity contribution >= 4 is 17.8 Å². The Labute approximate surface area is 167 Å². The lowest BCUT2D eigenvalue weighted by Crippen LogP contribution is -2.24. The van der Waals surface area contributed by atoms with Crippen LogP contribution < -0.4 is 10.2 Å². The third-order valence-electron chi connectivity index (χ3n) is 4.04. The summed E-state index contributed by atoms with van der Waals surface area (Å²) in [4.78, 5) is 22.3. The first kappa shape index (κ1) is 19.8. The second kappa shape index (κ2) is 8.83. The Balaban J connectivity index is 1.55. The Bertz CT molecular complexity index is 1070. The molecule has 3 rings (SSSR count). The first-order chi connectivity index (χ1) is 13.9. The van der Waals surface area contributed by atoms with E-state index in [1.54, 1.807) is 24.3 Å². The van der Waals surface area contributed by atoms with E-state index >= 15 is 0 Å². The number of hydrogen-bond acceptors (Lipinski definition) is 6. The highest BCUT2D eigenvalue weighted by Gasteiger charge is 2.10. The van der Waals surface area contributed by atoms with E-state index in [4.69, 9.17) is 9.15 Å². The molecule has 8 nitrogen and oxygen atoms in total. The number of nitro groups is 1. The number of hydrogen-bond donors (Lipinski definition) is 1. The lowest BCUT2D eigenvalue weighted by atomic mass is 10.1. The number of rotatable bonds is 7. The normalized spacial score (nSPS) is 10.8. The van der Waals surface area contributed by atoms with Gasteiger partial charge in [-0.3, -0.25) is 14.9 Å². The Morgan fingerprint density at radius 1 is 1.21 bits per heavy atom. The lowest BCUT2D eigenvalue weighted by molar-refractivity contribution is -0.384. The van der Waals surface area contributed by atoms with Gasteiger partial charge in [0.1, 0.15) is 17.3 Å². The topological polar surface area (TPSA) is 107 Å². The summed E-state index contributed by atoms with van der Waals surface area (Å²) in [6.07, 6.45) is 1.34. The number of amides is 1. The number of nitro benzene ring substituents is 1. The van der Waals surface area contributed by atoms with Crippen molar-refractivity contribution in [3.8, 4) is 17.1 Å². The highest BCUT2D eigenvalue weighted by Crippen LogP contribution is 2.25. The molecule has 2 aromatic carbocycles. The van der Waals surface area contributed by atoms with Gasteiger partial charge >= 0.3 is 0 Å². The zero-order chi connectivity index (χ0) is 20.8. The van der Waals surface area contributed by atoms with Gasteiger partial charge in [-0.2, -0.15) is 5.10 Å². The minimum Gasteiger partial charge on any atom is -0.483 e. The summed E-state index contributed by atoms with van der Waals surface area (Å²) in [5.41, 5.74) is 4.98. The van der Waals surface area contributed by atoms with Crippen LogP contribution in [0.3, 0.4) is 0 Å². The highest BCUT2D eigenvalue weighted by atomic mass is 16.6. The molecule has 0 bridgehead atoms. The van der Waals surface area contributed by atoms with E-state index in [2.05, 4.69) is 10.5 Å². The van der Waals surface area contributed by atoms with Gasteiger partial charge in [-0.15, -0.1) is 0 Å². The third-order valence-corrected chi connectivity index (χ3v) is 4.04. The molecule has 148 valence electrons. The van der Waals surface area contributed by atoms with Crippen LogP contribution in [0.15, 0.2) is 64.1 Å². The van der Waals surface area contributed by atoms with Crippen LogP contribution >= 0.6 is 0 Å². The van der Waals surface area contributed by atoms with E-state index in [9.17, 15) is 14.9 Å². The number of ether oxygens (including phenoxy) is 1. The molecule has 0 fully saturated rings. The summed E-state index contributed by atoms with van der Waals surface area (Å²) >= 11 is 0. The predicted molar refractivity (Wildman–Crippen MR) is 108 cm³/mol.